The zero-order chi connectivity index (χ0) is 15.9. The van der Waals surface area contributed by atoms with E-state index in [0.717, 1.165) is 25.9 Å². The minimum absolute atomic E-state index is 0.0139. The topological polar surface area (TPSA) is 82.3 Å². The largest absolute Gasteiger partial charge is 0.336 e. The predicted octanol–water partition coefficient (Wildman–Crippen LogP) is 2.15. The molecular weight excluding hydrogens is 280 g/mol. The summed E-state index contributed by atoms with van der Waals surface area (Å²) in [7, 11) is 0. The molecule has 0 atom stereocenters. The molecule has 2 rings (SSSR count). The first kappa shape index (κ1) is 16.3. The molecule has 6 heteroatoms. The number of para-hydroxylation sites is 2. The molecule has 4 N–H and O–H groups in total. The second kappa shape index (κ2) is 7.79. The smallest absolute Gasteiger partial charge is 0.319 e. The molecule has 0 unspecified atom stereocenters. The van der Waals surface area contributed by atoms with Gasteiger partial charge in [0, 0.05) is 12.0 Å². The number of hydrogen-bond donors (Lipinski definition) is 4. The average Bonchev–Trinajstić information content (AvgIpc) is 2.49. The molecule has 1 heterocycles. The Bertz CT molecular complexity index is 525. The summed E-state index contributed by atoms with van der Waals surface area (Å²) >= 11 is 0. The Labute approximate surface area is 131 Å². The first-order chi connectivity index (χ1) is 10.6. The number of hydrogen-bond acceptors (Lipinski definition) is 3. The lowest BCUT2D eigenvalue weighted by Gasteiger charge is -2.22. The normalized spacial score (nSPS) is 15.4. The third-order valence-electron chi connectivity index (χ3n) is 3.56. The van der Waals surface area contributed by atoms with Gasteiger partial charge in [0.05, 0.1) is 11.4 Å². The van der Waals surface area contributed by atoms with E-state index in [2.05, 4.69) is 21.3 Å². The van der Waals surface area contributed by atoms with E-state index >= 15 is 0 Å². The highest BCUT2D eigenvalue weighted by atomic mass is 16.2. The van der Waals surface area contributed by atoms with Crippen molar-refractivity contribution in [3.8, 4) is 0 Å². The molecule has 1 aliphatic rings. The van der Waals surface area contributed by atoms with Gasteiger partial charge in [-0.2, -0.15) is 0 Å². The van der Waals surface area contributed by atoms with Crippen molar-refractivity contribution in [3.05, 3.63) is 24.3 Å². The van der Waals surface area contributed by atoms with Crippen LogP contribution in [0, 0.1) is 5.92 Å². The van der Waals surface area contributed by atoms with E-state index in [4.69, 9.17) is 0 Å². The van der Waals surface area contributed by atoms with Crippen LogP contribution in [-0.2, 0) is 4.79 Å². The van der Waals surface area contributed by atoms with E-state index in [-0.39, 0.29) is 23.9 Å². The van der Waals surface area contributed by atoms with Crippen LogP contribution < -0.4 is 21.3 Å². The van der Waals surface area contributed by atoms with Crippen LogP contribution in [0.15, 0.2) is 24.3 Å². The summed E-state index contributed by atoms with van der Waals surface area (Å²) in [6.07, 6.45) is 1.69. The predicted molar refractivity (Wildman–Crippen MR) is 88.0 cm³/mol. The molecule has 1 saturated heterocycles. The fourth-order valence-electron chi connectivity index (χ4n) is 2.44. The van der Waals surface area contributed by atoms with Crippen molar-refractivity contribution in [1.29, 1.82) is 0 Å². The van der Waals surface area contributed by atoms with Crippen molar-refractivity contribution in [2.45, 2.75) is 32.7 Å². The summed E-state index contributed by atoms with van der Waals surface area (Å²) in [5.74, 6) is 0.0406. The number of amides is 3. The van der Waals surface area contributed by atoms with Gasteiger partial charge in [0.25, 0.3) is 0 Å². The summed E-state index contributed by atoms with van der Waals surface area (Å²) in [6, 6.07) is 7.01. The van der Waals surface area contributed by atoms with Gasteiger partial charge in [0.15, 0.2) is 0 Å². The first-order valence-electron chi connectivity index (χ1n) is 7.74. The summed E-state index contributed by atoms with van der Waals surface area (Å²) < 4.78 is 0. The zero-order valence-electron chi connectivity index (χ0n) is 13.1. The Hall–Kier alpha value is -2.08. The molecule has 1 fully saturated rings. The van der Waals surface area contributed by atoms with Crippen molar-refractivity contribution in [3.63, 3.8) is 0 Å². The Morgan fingerprint density at radius 1 is 1.09 bits per heavy atom. The van der Waals surface area contributed by atoms with Gasteiger partial charge in [0.1, 0.15) is 0 Å². The molecule has 1 aromatic carbocycles. The van der Waals surface area contributed by atoms with E-state index in [1.165, 1.54) is 0 Å². The van der Waals surface area contributed by atoms with Crippen molar-refractivity contribution in [2.24, 2.45) is 5.92 Å². The maximum Gasteiger partial charge on any atom is 0.319 e. The molecule has 120 valence electrons. The monoisotopic (exact) mass is 304 g/mol. The number of piperidine rings is 1. The van der Waals surface area contributed by atoms with Gasteiger partial charge >= 0.3 is 6.03 Å². The van der Waals surface area contributed by atoms with E-state index < -0.39 is 0 Å². The average molecular weight is 304 g/mol. The second-order valence-corrected chi connectivity index (χ2v) is 5.81. The number of carbonyl (C=O) groups excluding carboxylic acids is 2. The Kier molecular flexibility index (Phi) is 5.77. The number of benzene rings is 1. The summed E-state index contributed by atoms with van der Waals surface area (Å²) in [5, 5.41) is 11.7. The number of rotatable bonds is 4. The molecule has 0 aliphatic carbocycles. The maximum atomic E-state index is 12.3. The van der Waals surface area contributed by atoms with Crippen LogP contribution >= 0.6 is 0 Å². The Morgan fingerprint density at radius 3 is 2.27 bits per heavy atom. The highest BCUT2D eigenvalue weighted by Gasteiger charge is 2.21. The van der Waals surface area contributed by atoms with E-state index in [0.29, 0.717) is 11.4 Å². The lowest BCUT2D eigenvalue weighted by atomic mass is 9.97. The molecule has 0 aromatic heterocycles. The summed E-state index contributed by atoms with van der Waals surface area (Å²) in [5.41, 5.74) is 1.23. The van der Waals surface area contributed by atoms with Crippen molar-refractivity contribution in [2.75, 3.05) is 23.7 Å². The van der Waals surface area contributed by atoms with Crippen LogP contribution in [0.3, 0.4) is 0 Å². The van der Waals surface area contributed by atoms with E-state index in [9.17, 15) is 9.59 Å². The molecule has 0 spiro atoms. The van der Waals surface area contributed by atoms with E-state index in [1.807, 2.05) is 26.0 Å². The minimum atomic E-state index is -0.279. The van der Waals surface area contributed by atoms with Gasteiger partial charge in [-0.25, -0.2) is 4.79 Å². The van der Waals surface area contributed by atoms with Gasteiger partial charge in [0.2, 0.25) is 5.91 Å². The van der Waals surface area contributed by atoms with Crippen LogP contribution in [-0.4, -0.2) is 31.1 Å². The van der Waals surface area contributed by atoms with Crippen molar-refractivity contribution >= 4 is 23.3 Å². The van der Waals surface area contributed by atoms with Gasteiger partial charge in [-0.1, -0.05) is 12.1 Å². The molecule has 6 nitrogen and oxygen atoms in total. The Balaban J connectivity index is 2.01. The van der Waals surface area contributed by atoms with Crippen molar-refractivity contribution < 1.29 is 9.59 Å². The maximum absolute atomic E-state index is 12.3. The van der Waals surface area contributed by atoms with Crippen molar-refractivity contribution in [1.82, 2.24) is 10.6 Å². The summed E-state index contributed by atoms with van der Waals surface area (Å²) in [4.78, 5) is 24.1. The summed E-state index contributed by atoms with van der Waals surface area (Å²) in [6.45, 7) is 5.53. The van der Waals surface area contributed by atoms with Crippen LogP contribution in [0.25, 0.3) is 0 Å². The molecule has 1 aliphatic heterocycles. The Morgan fingerprint density at radius 2 is 1.68 bits per heavy atom. The third-order valence-corrected chi connectivity index (χ3v) is 3.56. The highest BCUT2D eigenvalue weighted by Crippen LogP contribution is 2.23. The number of nitrogens with one attached hydrogen (secondary N) is 4. The van der Waals surface area contributed by atoms with Crippen LogP contribution in [0.4, 0.5) is 16.2 Å². The SMILES string of the molecule is CC(C)NC(=O)Nc1ccccc1NC(=O)C1CCNCC1. The second-order valence-electron chi connectivity index (χ2n) is 5.81. The molecule has 1 aromatic rings. The van der Waals surface area contributed by atoms with Crippen LogP contribution in [0.2, 0.25) is 0 Å². The van der Waals surface area contributed by atoms with Gasteiger partial charge in [-0.05, 0) is 51.9 Å². The number of anilines is 2. The van der Waals surface area contributed by atoms with Crippen LogP contribution in [0.1, 0.15) is 26.7 Å². The zero-order valence-corrected chi connectivity index (χ0v) is 13.1. The quantitative estimate of drug-likeness (QED) is 0.688. The third kappa shape index (κ3) is 4.73. The van der Waals surface area contributed by atoms with Gasteiger partial charge < -0.3 is 21.3 Å². The molecule has 0 radical (unpaired) electrons. The molecule has 0 bridgehead atoms. The van der Waals surface area contributed by atoms with Gasteiger partial charge in [-0.3, -0.25) is 4.79 Å². The lowest BCUT2D eigenvalue weighted by molar-refractivity contribution is -0.120. The van der Waals surface area contributed by atoms with E-state index in [1.54, 1.807) is 12.1 Å². The fraction of sp³-hybridized carbons (Fsp3) is 0.500. The van der Waals surface area contributed by atoms with Crippen LogP contribution in [0.5, 0.6) is 0 Å². The molecule has 22 heavy (non-hydrogen) atoms. The standard InChI is InChI=1S/C16H24N4O2/c1-11(2)18-16(22)20-14-6-4-3-5-13(14)19-15(21)12-7-9-17-10-8-12/h3-6,11-12,17H,7-10H2,1-2H3,(H,19,21)(H2,18,20,22). The highest BCUT2D eigenvalue weighted by molar-refractivity contribution is 5.99. The number of carbonyl (C=O) groups is 2. The first-order valence-corrected chi connectivity index (χ1v) is 7.74. The fourth-order valence-corrected chi connectivity index (χ4v) is 2.44. The number of urea groups is 1. The molecular formula is C16H24N4O2. The molecule has 0 saturated carbocycles. The van der Waals surface area contributed by atoms with Gasteiger partial charge in [-0.15, -0.1) is 0 Å². The lowest BCUT2D eigenvalue weighted by Crippen LogP contribution is -2.35. The molecule has 3 amide bonds. The minimum Gasteiger partial charge on any atom is -0.336 e.